The van der Waals surface area contributed by atoms with Gasteiger partial charge in [-0.25, -0.2) is 4.98 Å². The van der Waals surface area contributed by atoms with E-state index in [9.17, 15) is 0 Å². The van der Waals surface area contributed by atoms with Gasteiger partial charge in [-0.2, -0.15) is 12.7 Å². The van der Waals surface area contributed by atoms with Crippen molar-refractivity contribution in [1.82, 2.24) is 14.5 Å². The molecule has 48 heavy (non-hydrogen) atoms. The van der Waals surface area contributed by atoms with Crippen LogP contribution in [0.15, 0.2) is 66.9 Å². The van der Waals surface area contributed by atoms with Gasteiger partial charge in [0.25, 0.3) is 0 Å². The Labute approximate surface area is 305 Å². The quantitative estimate of drug-likeness (QED) is 0.169. The van der Waals surface area contributed by atoms with Crippen LogP contribution < -0.4 is 9.64 Å². The Morgan fingerprint density at radius 3 is 2.31 bits per heavy atom. The summed E-state index contributed by atoms with van der Waals surface area (Å²) < 4.78 is 34.2. The molecule has 5 aromatic rings. The first-order valence-corrected chi connectivity index (χ1v) is 17.0. The van der Waals surface area contributed by atoms with Crippen LogP contribution in [0.5, 0.6) is 11.5 Å². The Bertz CT molecular complexity index is 2130. The summed E-state index contributed by atoms with van der Waals surface area (Å²) in [4.78, 5) is 8.68. The molecular formula is C42H47N4OPt-3. The van der Waals surface area contributed by atoms with Crippen molar-refractivity contribution < 1.29 is 29.9 Å². The number of hydrogen-bond donors (Lipinski definition) is 0. The molecule has 3 heterocycles. The third-order valence-corrected chi connectivity index (χ3v) is 11.4. The normalized spacial score (nSPS) is 24.8. The topological polar surface area (TPSA) is 33.5 Å². The molecule has 3 aliphatic rings. The third kappa shape index (κ3) is 5.23. The Morgan fingerprint density at radius 1 is 0.854 bits per heavy atom. The van der Waals surface area contributed by atoms with Crippen LogP contribution in [0, 0.1) is 36.1 Å². The molecule has 1 saturated heterocycles. The largest absolute Gasteiger partial charge is 0.525 e. The molecule has 0 N–H and O–H groups in total. The number of pyridine rings is 1. The molecule has 0 radical (unpaired) electrons. The molecule has 2 aliphatic carbocycles. The molecule has 4 atom stereocenters. The molecule has 5 nitrogen and oxygen atoms in total. The summed E-state index contributed by atoms with van der Waals surface area (Å²) >= 11 is 0. The molecule has 2 aromatic heterocycles. The van der Waals surface area contributed by atoms with Gasteiger partial charge in [-0.1, -0.05) is 79.1 Å². The van der Waals surface area contributed by atoms with Crippen LogP contribution in [-0.2, 0) is 31.9 Å². The smallest absolute Gasteiger partial charge is 0.135 e. The van der Waals surface area contributed by atoms with Gasteiger partial charge in [0.1, 0.15) is 5.82 Å². The summed E-state index contributed by atoms with van der Waals surface area (Å²) in [5, 5.41) is 2.20. The van der Waals surface area contributed by atoms with Crippen LogP contribution in [0.4, 0.5) is 5.69 Å². The Balaban J connectivity index is 0.00000406. The fourth-order valence-corrected chi connectivity index (χ4v) is 8.76. The molecule has 3 aromatic carbocycles. The summed E-state index contributed by atoms with van der Waals surface area (Å²) in [7, 11) is 0. The Hall–Kier alpha value is -3.14. The predicted molar refractivity (Wildman–Crippen MR) is 192 cm³/mol. The number of ether oxygens (including phenoxy) is 1. The zero-order valence-electron chi connectivity index (χ0n) is 32.2. The van der Waals surface area contributed by atoms with Gasteiger partial charge >= 0.3 is 0 Å². The Morgan fingerprint density at radius 2 is 1.58 bits per heavy atom. The van der Waals surface area contributed by atoms with E-state index in [2.05, 4.69) is 132 Å². The number of likely N-dealkylation sites (N-methyl/N-ethyl adjacent to an activating group) is 1. The van der Waals surface area contributed by atoms with Crippen LogP contribution in [0.3, 0.4) is 0 Å². The zero-order chi connectivity index (χ0) is 35.5. The fraction of sp³-hybridized carbons (Fsp3) is 0.429. The molecule has 3 fully saturated rings. The average Bonchev–Trinajstić information content (AvgIpc) is 3.74. The van der Waals surface area contributed by atoms with E-state index in [0.717, 1.165) is 51.7 Å². The van der Waals surface area contributed by atoms with Crippen LogP contribution in [0.25, 0.3) is 27.6 Å². The van der Waals surface area contributed by atoms with Crippen molar-refractivity contribution in [3.8, 4) is 17.3 Å². The van der Waals surface area contributed by atoms with Crippen LogP contribution in [-0.4, -0.2) is 33.5 Å². The summed E-state index contributed by atoms with van der Waals surface area (Å²) in [5.74, 6) is 2.72. The first kappa shape index (κ1) is 29.7. The summed E-state index contributed by atoms with van der Waals surface area (Å²) in [6.07, 6.45) is 4.06. The van der Waals surface area contributed by atoms with E-state index in [4.69, 9.17) is 13.8 Å². The number of fused-ring (bicyclic) bond motifs is 8. The third-order valence-electron chi connectivity index (χ3n) is 11.4. The van der Waals surface area contributed by atoms with E-state index in [1.165, 1.54) is 5.56 Å². The van der Waals surface area contributed by atoms with E-state index in [1.807, 2.05) is 18.9 Å². The molecule has 2 bridgehead atoms. The maximum Gasteiger partial charge on any atom is 0.135 e. The molecule has 8 rings (SSSR count). The van der Waals surface area contributed by atoms with Crippen molar-refractivity contribution in [2.24, 2.45) is 17.3 Å². The van der Waals surface area contributed by atoms with Gasteiger partial charge in [0.05, 0.1) is 0 Å². The first-order valence-electron chi connectivity index (χ1n) is 18.5. The van der Waals surface area contributed by atoms with E-state index >= 15 is 0 Å². The molecule has 1 aliphatic heterocycles. The van der Waals surface area contributed by atoms with Gasteiger partial charge in [-0.05, 0) is 77.0 Å². The van der Waals surface area contributed by atoms with Crippen molar-refractivity contribution in [2.75, 3.05) is 11.9 Å². The molecule has 0 amide bonds. The minimum Gasteiger partial charge on any atom is -0.525 e. The summed E-state index contributed by atoms with van der Waals surface area (Å²) in [6.45, 7) is 17.5. The number of rotatable bonds is 4. The maximum absolute atomic E-state index is 8.46. The minimum atomic E-state index is -2.22. The number of aromatic nitrogens is 2. The van der Waals surface area contributed by atoms with E-state index in [-0.39, 0.29) is 49.4 Å². The number of hydrogen-bond acceptors (Lipinski definition) is 4. The van der Waals surface area contributed by atoms with Crippen molar-refractivity contribution in [1.29, 1.82) is 0 Å². The van der Waals surface area contributed by atoms with Gasteiger partial charge in [0.2, 0.25) is 0 Å². The average molecular weight is 822 g/mol. The molecule has 0 spiro atoms. The Kier molecular flexibility index (Phi) is 7.10. The molecular weight excluding hydrogens is 772 g/mol. The van der Waals surface area contributed by atoms with E-state index in [0.29, 0.717) is 23.3 Å². The number of nitrogens with zero attached hydrogens (tertiary/aromatic N) is 4. The summed E-state index contributed by atoms with van der Waals surface area (Å²) in [5.41, 5.74) is 4.96. The van der Waals surface area contributed by atoms with Gasteiger partial charge in [-0.15, -0.1) is 47.0 Å². The standard InChI is InChI=1S/C42H47N4O.Pt/c1-40(2,3)26-18-19-43-37(22-26)46-35-13-11-10-12-31(35)32-15-14-29(24-36(32)46)47-30-21-27(41(4,5)6)20-28(23-30)45-25-44(9)38-33-16-17-34(39(38)45)42(33,7)8;/h10-15,18-22,25,33-34,38-39H,16-17H2,1-9H3;/q-3;/t33?,34-,38?,39-;/m0./s1/i9D3;. The molecule has 254 valence electrons. The second-order valence-electron chi connectivity index (χ2n) is 16.6. The van der Waals surface area contributed by atoms with Crippen molar-refractivity contribution in [2.45, 2.75) is 91.1 Å². The van der Waals surface area contributed by atoms with Crippen molar-refractivity contribution >= 4 is 27.5 Å². The van der Waals surface area contributed by atoms with Crippen molar-refractivity contribution in [3.05, 3.63) is 96.8 Å². The first-order chi connectivity index (χ1) is 23.4. The van der Waals surface area contributed by atoms with Crippen LogP contribution in [0.2, 0.25) is 0 Å². The number of para-hydroxylation sites is 1. The molecule has 2 saturated carbocycles. The molecule has 6 heteroatoms. The maximum atomic E-state index is 8.46. The number of anilines is 1. The second-order valence-corrected chi connectivity index (χ2v) is 16.6. The van der Waals surface area contributed by atoms with Gasteiger partial charge in [0.15, 0.2) is 0 Å². The van der Waals surface area contributed by atoms with E-state index < -0.39 is 6.98 Å². The van der Waals surface area contributed by atoms with E-state index in [1.54, 1.807) is 4.90 Å². The SMILES string of the molecule is [2H]C([2H])([2H])N1[CH-]N(c2[c-]c(Oc3[c-]c4c(cc3)c3ccccc3n4-c3cc(C(C)(C)C)ccn3)cc(C(C)(C)C)c2)[C@@H]2C1C1CC[C@@H]2C1(C)C.[Pt]. The predicted octanol–water partition coefficient (Wildman–Crippen LogP) is 9.84. The fourth-order valence-electron chi connectivity index (χ4n) is 8.76. The van der Waals surface area contributed by atoms with Gasteiger partial charge < -0.3 is 19.1 Å². The monoisotopic (exact) mass is 821 g/mol. The van der Waals surface area contributed by atoms with Gasteiger partial charge in [-0.3, -0.25) is 0 Å². The van der Waals surface area contributed by atoms with Crippen LogP contribution in [0.1, 0.15) is 83.5 Å². The summed E-state index contributed by atoms with van der Waals surface area (Å²) in [6, 6.07) is 28.2. The second kappa shape index (κ2) is 11.5. The van der Waals surface area contributed by atoms with Gasteiger partial charge in [0, 0.05) is 60.5 Å². The minimum absolute atomic E-state index is 0. The zero-order valence-corrected chi connectivity index (χ0v) is 31.4. The van der Waals surface area contributed by atoms with Crippen LogP contribution >= 0.6 is 0 Å². The number of benzene rings is 3. The van der Waals surface area contributed by atoms with Crippen molar-refractivity contribution in [3.63, 3.8) is 0 Å². The molecule has 2 unspecified atom stereocenters.